The van der Waals surface area contributed by atoms with Crippen molar-refractivity contribution in [1.29, 1.82) is 0 Å². The first-order valence-corrected chi connectivity index (χ1v) is 7.51. The van der Waals surface area contributed by atoms with Gasteiger partial charge in [0.1, 0.15) is 0 Å². The third kappa shape index (κ3) is 2.93. The zero-order valence-corrected chi connectivity index (χ0v) is 12.4. The van der Waals surface area contributed by atoms with Gasteiger partial charge in [0, 0.05) is 24.2 Å². The highest BCUT2D eigenvalue weighted by Crippen LogP contribution is 2.23. The van der Waals surface area contributed by atoms with E-state index in [1.165, 1.54) is 37.0 Å². The Balaban J connectivity index is 1.75. The Bertz CT molecular complexity index is 594. The monoisotopic (exact) mass is 269 g/mol. The van der Waals surface area contributed by atoms with Gasteiger partial charge in [-0.25, -0.2) is 0 Å². The summed E-state index contributed by atoms with van der Waals surface area (Å²) in [5.74, 6) is 0.744. The van der Waals surface area contributed by atoms with E-state index in [1.54, 1.807) is 0 Å². The van der Waals surface area contributed by atoms with Crippen LogP contribution in [0.4, 0.5) is 5.69 Å². The van der Waals surface area contributed by atoms with Crippen molar-refractivity contribution < 1.29 is 0 Å². The number of hydrogen-bond acceptors (Lipinski definition) is 3. The molecule has 1 unspecified atom stereocenters. The highest BCUT2D eigenvalue weighted by atomic mass is 15.1. The number of likely N-dealkylation sites (tertiary alicyclic amines) is 1. The molecule has 3 nitrogen and oxygen atoms in total. The number of fused-ring (bicyclic) bond motifs is 1. The molecule has 1 saturated heterocycles. The summed E-state index contributed by atoms with van der Waals surface area (Å²) >= 11 is 0. The summed E-state index contributed by atoms with van der Waals surface area (Å²) in [5.41, 5.74) is 3.33. The van der Waals surface area contributed by atoms with Crippen LogP contribution < -0.4 is 5.32 Å². The normalized spacial score (nSPS) is 20.2. The van der Waals surface area contributed by atoms with Crippen molar-refractivity contribution in [3.05, 3.63) is 36.0 Å². The van der Waals surface area contributed by atoms with Crippen LogP contribution in [-0.4, -0.2) is 36.6 Å². The van der Waals surface area contributed by atoms with Crippen molar-refractivity contribution >= 4 is 16.6 Å². The summed E-state index contributed by atoms with van der Waals surface area (Å²) in [5, 5.41) is 4.83. The molecule has 2 aromatic rings. The van der Waals surface area contributed by atoms with Crippen molar-refractivity contribution in [3.8, 4) is 0 Å². The first-order chi connectivity index (χ1) is 9.72. The largest absolute Gasteiger partial charge is 0.383 e. The Morgan fingerprint density at radius 2 is 2.20 bits per heavy atom. The lowest BCUT2D eigenvalue weighted by atomic mass is 9.98. The molecule has 1 aromatic carbocycles. The molecule has 0 bridgehead atoms. The molecule has 0 saturated carbocycles. The van der Waals surface area contributed by atoms with Crippen molar-refractivity contribution in [2.75, 3.05) is 32.0 Å². The van der Waals surface area contributed by atoms with Gasteiger partial charge < -0.3 is 10.2 Å². The van der Waals surface area contributed by atoms with Crippen LogP contribution in [0.3, 0.4) is 0 Å². The molecule has 2 heterocycles. The lowest BCUT2D eigenvalue weighted by molar-refractivity contribution is 0.217. The topological polar surface area (TPSA) is 28.2 Å². The first-order valence-electron chi connectivity index (χ1n) is 7.51. The molecule has 1 atom stereocenters. The number of piperidine rings is 1. The summed E-state index contributed by atoms with van der Waals surface area (Å²) in [6.07, 6.45) is 2.64. The van der Waals surface area contributed by atoms with E-state index < -0.39 is 0 Å². The van der Waals surface area contributed by atoms with Crippen molar-refractivity contribution in [1.82, 2.24) is 9.88 Å². The number of aromatic nitrogens is 1. The average Bonchev–Trinajstić information content (AvgIpc) is 2.45. The van der Waals surface area contributed by atoms with Crippen LogP contribution in [0.25, 0.3) is 10.9 Å². The Kier molecular flexibility index (Phi) is 3.88. The Labute approximate surface area is 121 Å². The van der Waals surface area contributed by atoms with E-state index in [-0.39, 0.29) is 0 Å². The van der Waals surface area contributed by atoms with Gasteiger partial charge in [-0.05, 0) is 51.4 Å². The molecule has 0 amide bonds. The molecule has 3 rings (SSSR count). The molecule has 0 aliphatic carbocycles. The fraction of sp³-hybridized carbons (Fsp3) is 0.471. The van der Waals surface area contributed by atoms with E-state index in [1.807, 2.05) is 6.92 Å². The standard InChI is InChI=1S/C17H23N3/c1-13-8-9-15-6-3-7-16(17(15)19-13)18-11-14-5-4-10-20(2)12-14/h3,6-9,14,18H,4-5,10-12H2,1-2H3. The highest BCUT2D eigenvalue weighted by molar-refractivity contribution is 5.90. The van der Waals surface area contributed by atoms with E-state index in [2.05, 4.69) is 52.6 Å². The van der Waals surface area contributed by atoms with Crippen LogP contribution in [-0.2, 0) is 0 Å². The Morgan fingerprint density at radius 3 is 3.05 bits per heavy atom. The number of rotatable bonds is 3. The average molecular weight is 269 g/mol. The minimum absolute atomic E-state index is 0.744. The van der Waals surface area contributed by atoms with Gasteiger partial charge in [0.2, 0.25) is 0 Å². The van der Waals surface area contributed by atoms with Crippen LogP contribution in [0.15, 0.2) is 30.3 Å². The first kappa shape index (κ1) is 13.4. The van der Waals surface area contributed by atoms with Gasteiger partial charge in [0.25, 0.3) is 0 Å². The molecule has 1 aliphatic heterocycles. The second-order valence-electron chi connectivity index (χ2n) is 5.98. The van der Waals surface area contributed by atoms with Gasteiger partial charge in [-0.15, -0.1) is 0 Å². The molecule has 0 radical (unpaired) electrons. The van der Waals surface area contributed by atoms with Crippen LogP contribution in [0.1, 0.15) is 18.5 Å². The number of nitrogens with zero attached hydrogens (tertiary/aromatic N) is 2. The molecule has 1 aliphatic rings. The number of pyridine rings is 1. The van der Waals surface area contributed by atoms with E-state index in [9.17, 15) is 0 Å². The zero-order chi connectivity index (χ0) is 13.9. The summed E-state index contributed by atoms with van der Waals surface area (Å²) in [4.78, 5) is 7.11. The summed E-state index contributed by atoms with van der Waals surface area (Å²) in [6.45, 7) is 5.53. The number of anilines is 1. The Morgan fingerprint density at radius 1 is 1.30 bits per heavy atom. The number of benzene rings is 1. The van der Waals surface area contributed by atoms with E-state index in [0.717, 1.165) is 23.7 Å². The zero-order valence-electron chi connectivity index (χ0n) is 12.4. The minimum atomic E-state index is 0.744. The third-order valence-electron chi connectivity index (χ3n) is 4.16. The predicted molar refractivity (Wildman–Crippen MR) is 85.2 cm³/mol. The van der Waals surface area contributed by atoms with Gasteiger partial charge in [-0.3, -0.25) is 4.98 Å². The van der Waals surface area contributed by atoms with Crippen molar-refractivity contribution in [2.45, 2.75) is 19.8 Å². The van der Waals surface area contributed by atoms with E-state index in [4.69, 9.17) is 0 Å². The Hall–Kier alpha value is -1.61. The van der Waals surface area contributed by atoms with Crippen LogP contribution in [0.5, 0.6) is 0 Å². The van der Waals surface area contributed by atoms with E-state index >= 15 is 0 Å². The van der Waals surface area contributed by atoms with Gasteiger partial charge >= 0.3 is 0 Å². The van der Waals surface area contributed by atoms with Crippen LogP contribution in [0, 0.1) is 12.8 Å². The van der Waals surface area contributed by atoms with E-state index in [0.29, 0.717) is 0 Å². The number of para-hydroxylation sites is 1. The predicted octanol–water partition coefficient (Wildman–Crippen LogP) is 3.30. The van der Waals surface area contributed by atoms with Crippen molar-refractivity contribution in [2.24, 2.45) is 5.92 Å². The molecular weight excluding hydrogens is 246 g/mol. The second-order valence-corrected chi connectivity index (χ2v) is 5.98. The van der Waals surface area contributed by atoms with Crippen LogP contribution in [0.2, 0.25) is 0 Å². The summed E-state index contributed by atoms with van der Waals surface area (Å²) in [7, 11) is 2.22. The fourth-order valence-corrected chi connectivity index (χ4v) is 3.08. The third-order valence-corrected chi connectivity index (χ3v) is 4.16. The number of aryl methyl sites for hydroxylation is 1. The SMILES string of the molecule is Cc1ccc2cccc(NCC3CCCN(C)C3)c2n1. The van der Waals surface area contributed by atoms with Crippen LogP contribution >= 0.6 is 0 Å². The van der Waals surface area contributed by atoms with Crippen molar-refractivity contribution in [3.63, 3.8) is 0 Å². The number of hydrogen-bond donors (Lipinski definition) is 1. The molecular formula is C17H23N3. The van der Waals surface area contributed by atoms with Gasteiger partial charge in [-0.2, -0.15) is 0 Å². The molecule has 0 spiro atoms. The molecule has 3 heteroatoms. The maximum Gasteiger partial charge on any atom is 0.0936 e. The maximum atomic E-state index is 4.68. The molecule has 20 heavy (non-hydrogen) atoms. The summed E-state index contributed by atoms with van der Waals surface area (Å²) in [6, 6.07) is 10.6. The molecule has 1 fully saturated rings. The second kappa shape index (κ2) is 5.80. The van der Waals surface area contributed by atoms with Gasteiger partial charge in [0.15, 0.2) is 0 Å². The molecule has 1 aromatic heterocycles. The van der Waals surface area contributed by atoms with Gasteiger partial charge in [-0.1, -0.05) is 18.2 Å². The maximum absolute atomic E-state index is 4.68. The molecule has 1 N–H and O–H groups in total. The highest BCUT2D eigenvalue weighted by Gasteiger charge is 2.17. The minimum Gasteiger partial charge on any atom is -0.383 e. The summed E-state index contributed by atoms with van der Waals surface area (Å²) < 4.78 is 0. The number of nitrogens with one attached hydrogen (secondary N) is 1. The smallest absolute Gasteiger partial charge is 0.0936 e. The quantitative estimate of drug-likeness (QED) is 0.926. The lowest BCUT2D eigenvalue weighted by Crippen LogP contribution is -2.35. The molecule has 106 valence electrons. The van der Waals surface area contributed by atoms with Gasteiger partial charge in [0.05, 0.1) is 11.2 Å². The lowest BCUT2D eigenvalue weighted by Gasteiger charge is -2.30. The fourth-order valence-electron chi connectivity index (χ4n) is 3.08.